The summed E-state index contributed by atoms with van der Waals surface area (Å²) in [6.45, 7) is 3.59. The molecule has 1 aliphatic rings. The highest BCUT2D eigenvalue weighted by molar-refractivity contribution is 9.09. The minimum Gasteiger partial charge on any atom is -0.266 e. The van der Waals surface area contributed by atoms with E-state index in [4.69, 9.17) is 0 Å². The van der Waals surface area contributed by atoms with Crippen LogP contribution < -0.4 is 0 Å². The summed E-state index contributed by atoms with van der Waals surface area (Å²) >= 11 is 3.56. The lowest BCUT2D eigenvalue weighted by Crippen LogP contribution is -2.23. The van der Waals surface area contributed by atoms with Crippen molar-refractivity contribution in [1.29, 1.82) is 0 Å². The molecule has 1 radical (unpaired) electrons. The highest BCUT2D eigenvalue weighted by Crippen LogP contribution is 2.34. The fourth-order valence-corrected chi connectivity index (χ4v) is 2.79. The molecule has 1 aliphatic carbocycles. The number of alkyl halides is 1. The third kappa shape index (κ3) is 3.95. The first kappa shape index (κ1) is 11.5. The Hall–Kier alpha value is 0.390. The van der Waals surface area contributed by atoms with Gasteiger partial charge in [0, 0.05) is 4.83 Å². The molecule has 0 N–H and O–H groups in total. The van der Waals surface area contributed by atoms with Crippen LogP contribution in [0.25, 0.3) is 0 Å². The van der Waals surface area contributed by atoms with Crippen molar-refractivity contribution in [2.45, 2.75) is 31.0 Å². The van der Waals surface area contributed by atoms with Crippen molar-refractivity contribution in [2.24, 2.45) is 11.8 Å². The highest BCUT2D eigenvalue weighted by Gasteiger charge is 2.26. The Bertz CT molecular complexity index is 221. The monoisotopic (exact) mass is 269 g/mol. The number of thiol groups is 1. The topological polar surface area (TPSA) is 43.4 Å². The van der Waals surface area contributed by atoms with E-state index < -0.39 is 11.0 Å². The van der Waals surface area contributed by atoms with Crippen molar-refractivity contribution in [3.05, 3.63) is 6.61 Å². The van der Waals surface area contributed by atoms with Crippen LogP contribution in [-0.4, -0.2) is 13.2 Å². The molecule has 1 saturated carbocycles. The van der Waals surface area contributed by atoms with Crippen molar-refractivity contribution >= 4 is 26.9 Å². The van der Waals surface area contributed by atoms with E-state index in [2.05, 4.69) is 27.0 Å². The van der Waals surface area contributed by atoms with E-state index in [1.165, 1.54) is 6.61 Å². The second kappa shape index (κ2) is 5.32. The lowest BCUT2D eigenvalue weighted by molar-refractivity contribution is 0.227. The standard InChI is InChI=1S/C8H14BrO3S/c1-6-4-8(9)3-2-7(6)5-12-13(10)11/h5-8,13H,2-4H2,1H3. The predicted octanol–water partition coefficient (Wildman–Crippen LogP) is 1.89. The highest BCUT2D eigenvalue weighted by atomic mass is 79.9. The van der Waals surface area contributed by atoms with E-state index in [-0.39, 0.29) is 5.92 Å². The number of hydrogen-bond acceptors (Lipinski definition) is 3. The summed E-state index contributed by atoms with van der Waals surface area (Å²) in [5.41, 5.74) is 0. The summed E-state index contributed by atoms with van der Waals surface area (Å²) in [5, 5.41) is 0. The van der Waals surface area contributed by atoms with Gasteiger partial charge in [-0.2, -0.15) is 0 Å². The fraction of sp³-hybridized carbons (Fsp3) is 0.875. The maximum Gasteiger partial charge on any atom is 0.257 e. The summed E-state index contributed by atoms with van der Waals surface area (Å²) in [5.74, 6) is 0.773. The molecule has 3 unspecified atom stereocenters. The van der Waals surface area contributed by atoms with Gasteiger partial charge in [0.15, 0.2) is 0 Å². The average molecular weight is 270 g/mol. The van der Waals surface area contributed by atoms with E-state index in [0.29, 0.717) is 10.7 Å². The van der Waals surface area contributed by atoms with Gasteiger partial charge in [-0.25, -0.2) is 8.42 Å². The molecule has 3 atom stereocenters. The molecule has 0 aromatic rings. The predicted molar refractivity (Wildman–Crippen MR) is 54.9 cm³/mol. The lowest BCUT2D eigenvalue weighted by atomic mass is 9.81. The van der Waals surface area contributed by atoms with Gasteiger partial charge in [-0.3, -0.25) is 4.18 Å². The maximum absolute atomic E-state index is 10.2. The van der Waals surface area contributed by atoms with Crippen molar-refractivity contribution in [2.75, 3.05) is 0 Å². The first-order chi connectivity index (χ1) is 6.09. The Morgan fingerprint density at radius 1 is 1.46 bits per heavy atom. The van der Waals surface area contributed by atoms with Crippen LogP contribution in [0.3, 0.4) is 0 Å². The minimum absolute atomic E-state index is 0.279. The van der Waals surface area contributed by atoms with Crippen molar-refractivity contribution in [3.63, 3.8) is 0 Å². The second-order valence-electron chi connectivity index (χ2n) is 3.52. The van der Waals surface area contributed by atoms with Crippen molar-refractivity contribution in [1.82, 2.24) is 0 Å². The Balaban J connectivity index is 2.33. The van der Waals surface area contributed by atoms with Gasteiger partial charge in [-0.1, -0.05) is 22.9 Å². The summed E-state index contributed by atoms with van der Waals surface area (Å²) in [4.78, 5) is 0.577. The van der Waals surface area contributed by atoms with Crippen LogP contribution in [0.15, 0.2) is 0 Å². The van der Waals surface area contributed by atoms with Crippen LogP contribution in [-0.2, 0) is 15.2 Å². The Kier molecular flexibility index (Phi) is 4.69. The molecule has 1 fully saturated rings. The van der Waals surface area contributed by atoms with Crippen LogP contribution in [0, 0.1) is 18.4 Å². The van der Waals surface area contributed by atoms with Crippen LogP contribution in [0.4, 0.5) is 0 Å². The third-order valence-electron chi connectivity index (χ3n) is 2.49. The van der Waals surface area contributed by atoms with Gasteiger partial charge < -0.3 is 0 Å². The van der Waals surface area contributed by atoms with Gasteiger partial charge in [-0.05, 0) is 31.1 Å². The molecule has 0 aromatic heterocycles. The molecular weight excluding hydrogens is 256 g/mol. The normalized spacial score (nSPS) is 35.2. The molecule has 3 nitrogen and oxygen atoms in total. The zero-order valence-corrected chi connectivity index (χ0v) is 9.96. The first-order valence-electron chi connectivity index (χ1n) is 4.38. The molecule has 0 aliphatic heterocycles. The Morgan fingerprint density at radius 3 is 2.69 bits per heavy atom. The molecular formula is C8H14BrO3S. The number of rotatable bonds is 3. The van der Waals surface area contributed by atoms with Crippen molar-refractivity contribution in [3.8, 4) is 0 Å². The number of halogens is 1. The van der Waals surface area contributed by atoms with Gasteiger partial charge in [0.25, 0.3) is 11.0 Å². The van der Waals surface area contributed by atoms with Gasteiger partial charge in [0.05, 0.1) is 0 Å². The number of hydrogen-bond donors (Lipinski definition) is 1. The zero-order valence-electron chi connectivity index (χ0n) is 7.48. The van der Waals surface area contributed by atoms with Gasteiger partial charge in [0.1, 0.15) is 6.61 Å². The molecule has 1 rings (SSSR count). The molecule has 0 saturated heterocycles. The van der Waals surface area contributed by atoms with E-state index >= 15 is 0 Å². The fourth-order valence-electron chi connectivity index (χ4n) is 1.68. The van der Waals surface area contributed by atoms with Crippen molar-refractivity contribution < 1.29 is 12.6 Å². The van der Waals surface area contributed by atoms with E-state index in [0.717, 1.165) is 19.3 Å². The summed E-state index contributed by atoms with van der Waals surface area (Å²) in [6.07, 6.45) is 3.17. The first-order valence-corrected chi connectivity index (χ1v) is 6.39. The largest absolute Gasteiger partial charge is 0.266 e. The third-order valence-corrected chi connectivity index (χ3v) is 3.62. The molecule has 5 heteroatoms. The van der Waals surface area contributed by atoms with Crippen LogP contribution in [0.1, 0.15) is 26.2 Å². The van der Waals surface area contributed by atoms with Crippen LogP contribution in [0.2, 0.25) is 0 Å². The Morgan fingerprint density at radius 2 is 2.15 bits per heavy atom. The second-order valence-corrected chi connectivity index (χ2v) is 5.47. The quantitative estimate of drug-likeness (QED) is 0.629. The van der Waals surface area contributed by atoms with Gasteiger partial charge >= 0.3 is 0 Å². The van der Waals surface area contributed by atoms with E-state index in [1.807, 2.05) is 0 Å². The molecule has 13 heavy (non-hydrogen) atoms. The van der Waals surface area contributed by atoms with Crippen LogP contribution >= 0.6 is 15.9 Å². The SMILES string of the molecule is CC1CC(Br)CCC1[CH]O[SH](=O)=O. The van der Waals surface area contributed by atoms with Gasteiger partial charge in [0.2, 0.25) is 0 Å². The zero-order chi connectivity index (χ0) is 9.84. The molecule has 77 valence electrons. The molecule has 0 bridgehead atoms. The summed E-state index contributed by atoms with van der Waals surface area (Å²) < 4.78 is 24.9. The smallest absolute Gasteiger partial charge is 0.257 e. The molecule has 0 aromatic carbocycles. The Labute approximate surface area is 89.1 Å². The maximum atomic E-state index is 10.2. The molecule has 0 heterocycles. The molecule has 0 amide bonds. The lowest BCUT2D eigenvalue weighted by Gasteiger charge is -2.30. The van der Waals surface area contributed by atoms with Gasteiger partial charge in [-0.15, -0.1) is 0 Å². The van der Waals surface area contributed by atoms with E-state index in [1.54, 1.807) is 0 Å². The molecule has 0 spiro atoms. The van der Waals surface area contributed by atoms with Crippen LogP contribution in [0.5, 0.6) is 0 Å². The summed E-state index contributed by atoms with van der Waals surface area (Å²) in [7, 11) is -2.72. The average Bonchev–Trinajstić information content (AvgIpc) is 2.02. The minimum atomic E-state index is -2.72. The van der Waals surface area contributed by atoms with E-state index in [9.17, 15) is 8.42 Å². The summed E-state index contributed by atoms with van der Waals surface area (Å²) in [6, 6.07) is 0.